The molecule has 1 heterocycles. The Hall–Kier alpha value is -2.42. The third-order valence-electron chi connectivity index (χ3n) is 3.88. The van der Waals surface area contributed by atoms with Crippen molar-refractivity contribution in [3.8, 4) is 0 Å². The SMILES string of the molecule is CCn1c(=O)c2ccccc2n(CC(=O)Nc2ccc(I)cc2)c1=O. The molecule has 3 rings (SSSR count). The van der Waals surface area contributed by atoms with Crippen LogP contribution < -0.4 is 16.6 Å². The second-order valence-corrected chi connectivity index (χ2v) is 6.74. The Morgan fingerprint density at radius 3 is 2.40 bits per heavy atom. The van der Waals surface area contributed by atoms with Crippen LogP contribution in [0.15, 0.2) is 58.1 Å². The standard InChI is InChI=1S/C18H16IN3O3/c1-2-21-17(24)14-5-3-4-6-15(14)22(18(21)25)11-16(23)20-13-9-7-12(19)8-10-13/h3-10H,2,11H2,1H3,(H,20,23). The molecule has 0 saturated carbocycles. The number of aromatic nitrogens is 2. The maximum absolute atomic E-state index is 12.6. The van der Waals surface area contributed by atoms with Gasteiger partial charge in [0.25, 0.3) is 5.56 Å². The van der Waals surface area contributed by atoms with Gasteiger partial charge in [0.15, 0.2) is 0 Å². The first-order chi connectivity index (χ1) is 12.0. The van der Waals surface area contributed by atoms with E-state index in [1.807, 2.05) is 12.1 Å². The van der Waals surface area contributed by atoms with Crippen LogP contribution in [-0.2, 0) is 17.9 Å². The van der Waals surface area contributed by atoms with E-state index in [0.29, 0.717) is 16.6 Å². The molecule has 25 heavy (non-hydrogen) atoms. The molecule has 3 aromatic rings. The third kappa shape index (κ3) is 3.51. The maximum Gasteiger partial charge on any atom is 0.331 e. The minimum atomic E-state index is -0.482. The van der Waals surface area contributed by atoms with Crippen LogP contribution in [0.2, 0.25) is 0 Å². The Morgan fingerprint density at radius 2 is 1.72 bits per heavy atom. The number of hydrogen-bond acceptors (Lipinski definition) is 3. The molecule has 0 bridgehead atoms. The highest BCUT2D eigenvalue weighted by Gasteiger charge is 2.14. The molecule has 0 aliphatic carbocycles. The summed E-state index contributed by atoms with van der Waals surface area (Å²) >= 11 is 2.18. The van der Waals surface area contributed by atoms with Crippen molar-refractivity contribution in [2.24, 2.45) is 0 Å². The number of nitrogens with zero attached hydrogens (tertiary/aromatic N) is 2. The summed E-state index contributed by atoms with van der Waals surface area (Å²) in [4.78, 5) is 37.4. The smallest absolute Gasteiger partial charge is 0.325 e. The summed E-state index contributed by atoms with van der Waals surface area (Å²) in [6.45, 7) is 1.82. The van der Waals surface area contributed by atoms with Crippen LogP contribution in [0.25, 0.3) is 10.9 Å². The number of hydrogen-bond donors (Lipinski definition) is 1. The summed E-state index contributed by atoms with van der Waals surface area (Å²) in [7, 11) is 0. The Balaban J connectivity index is 2.00. The van der Waals surface area contributed by atoms with Gasteiger partial charge in [0.2, 0.25) is 5.91 Å². The predicted octanol–water partition coefficient (Wildman–Crippen LogP) is 2.43. The van der Waals surface area contributed by atoms with Gasteiger partial charge in [0, 0.05) is 15.8 Å². The lowest BCUT2D eigenvalue weighted by molar-refractivity contribution is -0.116. The summed E-state index contributed by atoms with van der Waals surface area (Å²) < 4.78 is 3.54. The van der Waals surface area contributed by atoms with Crippen molar-refractivity contribution in [3.63, 3.8) is 0 Å². The molecule has 2 aromatic carbocycles. The van der Waals surface area contributed by atoms with Crippen LogP contribution in [-0.4, -0.2) is 15.0 Å². The van der Waals surface area contributed by atoms with Gasteiger partial charge in [-0.05, 0) is 65.9 Å². The van der Waals surface area contributed by atoms with E-state index >= 15 is 0 Å². The van der Waals surface area contributed by atoms with Gasteiger partial charge < -0.3 is 5.32 Å². The Kier molecular flexibility index (Phi) is 5.03. The molecule has 1 N–H and O–H groups in total. The van der Waals surface area contributed by atoms with Crippen LogP contribution in [0.1, 0.15) is 6.92 Å². The number of carbonyl (C=O) groups is 1. The molecular formula is C18H16IN3O3. The topological polar surface area (TPSA) is 73.1 Å². The molecule has 0 unspecified atom stereocenters. The number of carbonyl (C=O) groups excluding carboxylic acids is 1. The van der Waals surface area contributed by atoms with Crippen molar-refractivity contribution in [3.05, 3.63) is 72.9 Å². The fraction of sp³-hybridized carbons (Fsp3) is 0.167. The molecule has 0 aliphatic rings. The van der Waals surface area contributed by atoms with Crippen molar-refractivity contribution >= 4 is 45.1 Å². The van der Waals surface area contributed by atoms with E-state index in [1.54, 1.807) is 43.3 Å². The maximum atomic E-state index is 12.6. The van der Waals surface area contributed by atoms with E-state index in [1.165, 1.54) is 4.57 Å². The number of benzene rings is 2. The van der Waals surface area contributed by atoms with Gasteiger partial charge in [-0.2, -0.15) is 0 Å². The first kappa shape index (κ1) is 17.4. The molecule has 0 aliphatic heterocycles. The Morgan fingerprint density at radius 1 is 1.04 bits per heavy atom. The van der Waals surface area contributed by atoms with Gasteiger partial charge in [0.05, 0.1) is 10.9 Å². The first-order valence-corrected chi connectivity index (χ1v) is 8.87. The normalized spacial score (nSPS) is 10.8. The lowest BCUT2D eigenvalue weighted by Gasteiger charge is -2.13. The van der Waals surface area contributed by atoms with Gasteiger partial charge in [0.1, 0.15) is 6.54 Å². The average molecular weight is 449 g/mol. The molecule has 128 valence electrons. The summed E-state index contributed by atoms with van der Waals surface area (Å²) in [6, 6.07) is 14.2. The summed E-state index contributed by atoms with van der Waals surface area (Å²) in [6.07, 6.45) is 0. The van der Waals surface area contributed by atoms with Crippen LogP contribution in [0.4, 0.5) is 5.69 Å². The number of fused-ring (bicyclic) bond motifs is 1. The van der Waals surface area contributed by atoms with Crippen molar-refractivity contribution in [2.45, 2.75) is 20.0 Å². The lowest BCUT2D eigenvalue weighted by Crippen LogP contribution is -2.41. The molecule has 1 aromatic heterocycles. The van der Waals surface area contributed by atoms with E-state index in [4.69, 9.17) is 0 Å². The van der Waals surface area contributed by atoms with Crippen molar-refractivity contribution in [1.29, 1.82) is 0 Å². The lowest BCUT2D eigenvalue weighted by atomic mass is 10.2. The molecule has 0 atom stereocenters. The van der Waals surface area contributed by atoms with Crippen molar-refractivity contribution in [2.75, 3.05) is 5.32 Å². The second-order valence-electron chi connectivity index (χ2n) is 5.49. The highest BCUT2D eigenvalue weighted by molar-refractivity contribution is 14.1. The zero-order valence-electron chi connectivity index (χ0n) is 13.5. The molecule has 1 amide bonds. The predicted molar refractivity (Wildman–Crippen MR) is 106 cm³/mol. The Labute approximate surface area is 157 Å². The van der Waals surface area contributed by atoms with Crippen LogP contribution in [0.5, 0.6) is 0 Å². The number of anilines is 1. The third-order valence-corrected chi connectivity index (χ3v) is 4.60. The molecule has 6 nitrogen and oxygen atoms in total. The summed E-state index contributed by atoms with van der Waals surface area (Å²) in [5.74, 6) is -0.324. The largest absolute Gasteiger partial charge is 0.331 e. The molecule has 7 heteroatoms. The zero-order chi connectivity index (χ0) is 18.0. The van der Waals surface area contributed by atoms with E-state index in [-0.39, 0.29) is 24.6 Å². The minimum absolute atomic E-state index is 0.161. The fourth-order valence-electron chi connectivity index (χ4n) is 2.68. The summed E-state index contributed by atoms with van der Waals surface area (Å²) in [5.41, 5.74) is 0.299. The first-order valence-electron chi connectivity index (χ1n) is 7.79. The van der Waals surface area contributed by atoms with Crippen LogP contribution in [0, 0.1) is 3.57 Å². The fourth-order valence-corrected chi connectivity index (χ4v) is 3.04. The highest BCUT2D eigenvalue weighted by atomic mass is 127. The molecule has 0 spiro atoms. The van der Waals surface area contributed by atoms with Gasteiger partial charge in [-0.15, -0.1) is 0 Å². The minimum Gasteiger partial charge on any atom is -0.325 e. The van der Waals surface area contributed by atoms with Gasteiger partial charge in [-0.1, -0.05) is 12.1 Å². The number of para-hydroxylation sites is 1. The van der Waals surface area contributed by atoms with Crippen molar-refractivity contribution < 1.29 is 4.79 Å². The van der Waals surface area contributed by atoms with E-state index in [0.717, 1.165) is 8.14 Å². The van der Waals surface area contributed by atoms with Gasteiger partial charge in [-0.3, -0.25) is 18.7 Å². The van der Waals surface area contributed by atoms with Crippen LogP contribution >= 0.6 is 22.6 Å². The number of halogens is 1. The second kappa shape index (κ2) is 7.22. The molecule has 0 saturated heterocycles. The van der Waals surface area contributed by atoms with Gasteiger partial charge >= 0.3 is 5.69 Å². The Bertz CT molecular complexity index is 1050. The van der Waals surface area contributed by atoms with Crippen LogP contribution in [0.3, 0.4) is 0 Å². The monoisotopic (exact) mass is 449 g/mol. The highest BCUT2D eigenvalue weighted by Crippen LogP contribution is 2.12. The molecule has 0 radical (unpaired) electrons. The zero-order valence-corrected chi connectivity index (χ0v) is 15.7. The van der Waals surface area contributed by atoms with Gasteiger partial charge in [-0.25, -0.2) is 4.79 Å². The van der Waals surface area contributed by atoms with E-state index in [9.17, 15) is 14.4 Å². The number of amides is 1. The summed E-state index contributed by atoms with van der Waals surface area (Å²) in [5, 5.41) is 3.19. The van der Waals surface area contributed by atoms with Crippen molar-refractivity contribution in [1.82, 2.24) is 9.13 Å². The molecular weight excluding hydrogens is 433 g/mol. The van der Waals surface area contributed by atoms with E-state index in [2.05, 4.69) is 27.9 Å². The number of rotatable bonds is 4. The average Bonchev–Trinajstić information content (AvgIpc) is 2.61. The van der Waals surface area contributed by atoms with E-state index < -0.39 is 5.69 Å². The number of nitrogens with one attached hydrogen (secondary N) is 1. The molecule has 0 fully saturated rings. The quantitative estimate of drug-likeness (QED) is 0.622.